The molecule has 0 N–H and O–H groups in total. The Balaban J connectivity index is 1.69. The van der Waals surface area contributed by atoms with Gasteiger partial charge in [-0.1, -0.05) is 15.9 Å². The number of alkyl halides is 1. The Morgan fingerprint density at radius 1 is 0.225 bits per heavy atom. The van der Waals surface area contributed by atoms with Crippen LogP contribution < -0.4 is 0 Å². The van der Waals surface area contributed by atoms with E-state index in [1.807, 2.05) is 0 Å². The van der Waals surface area contributed by atoms with Crippen molar-refractivity contribution in [3.8, 4) is 0 Å². The summed E-state index contributed by atoms with van der Waals surface area (Å²) in [5, 5.41) is -0.428. The predicted octanol–water partition coefficient (Wildman–Crippen LogP) is -1.31. The van der Waals surface area contributed by atoms with Crippen molar-refractivity contribution in [3.05, 3.63) is 0 Å². The van der Waals surface area contributed by atoms with Gasteiger partial charge in [0, 0.05) is 116 Å². The van der Waals surface area contributed by atoms with E-state index in [0.717, 1.165) is 111 Å². The van der Waals surface area contributed by atoms with Crippen LogP contribution in [0.3, 0.4) is 0 Å². The van der Waals surface area contributed by atoms with Crippen LogP contribution in [0.15, 0.2) is 0 Å². The van der Waals surface area contributed by atoms with Crippen LogP contribution in [0.25, 0.3) is 0 Å². The molecule has 0 saturated carbocycles. The highest BCUT2D eigenvalue weighted by Crippen LogP contribution is 2.42. The molecule has 10 unspecified atom stereocenters. The number of hydrogen-bond acceptors (Lipinski definition) is 40. The molecule has 5 fully saturated rings. The van der Waals surface area contributed by atoms with Crippen molar-refractivity contribution in [2.45, 2.75) is 257 Å². The molecule has 25 atom stereocenters. The molecule has 0 aliphatic carbocycles. The Hall–Kier alpha value is -7.87. The third-order valence-corrected chi connectivity index (χ3v) is 15.3. The van der Waals surface area contributed by atoms with Crippen LogP contribution in [0, 0.1) is 0 Å². The molecule has 5 rings (SSSR count). The van der Waals surface area contributed by atoms with Gasteiger partial charge in [-0.2, -0.15) is 0 Å². The summed E-state index contributed by atoms with van der Waals surface area (Å²) >= 11 is 3.34. The summed E-state index contributed by atoms with van der Waals surface area (Å²) in [5.41, 5.74) is 0. The summed E-state index contributed by atoms with van der Waals surface area (Å²) in [5.74, 6) is -15.6. The number of ether oxygens (including phenoxy) is 25. The number of halogens is 1. The van der Waals surface area contributed by atoms with E-state index in [1.165, 1.54) is 0 Å². The molecule has 5 aliphatic rings. The minimum atomic E-state index is -2.18. The van der Waals surface area contributed by atoms with E-state index in [2.05, 4.69) is 15.9 Å². The molecule has 5 heterocycles. The van der Waals surface area contributed by atoms with E-state index in [-0.39, 0.29) is 0 Å². The van der Waals surface area contributed by atoms with Gasteiger partial charge in [0.25, 0.3) is 0 Å². The highest BCUT2D eigenvalue weighted by Gasteiger charge is 2.63. The minimum Gasteiger partial charge on any atom is -0.463 e. The lowest BCUT2D eigenvalue weighted by atomic mass is 9.94. The Morgan fingerprint density at radius 2 is 0.392 bits per heavy atom. The van der Waals surface area contributed by atoms with Gasteiger partial charge in [0.1, 0.15) is 81.4 Å². The van der Waals surface area contributed by atoms with Crippen molar-refractivity contribution >= 4 is 105 Å². The lowest BCUT2D eigenvalue weighted by molar-refractivity contribution is -0.391. The molecule has 40 nitrogen and oxygen atoms in total. The van der Waals surface area contributed by atoms with Crippen molar-refractivity contribution in [2.24, 2.45) is 0 Å². The molecule has 0 aromatic heterocycles. The molecule has 0 aromatic carbocycles. The zero-order valence-electron chi connectivity index (χ0n) is 58.2. The SMILES string of the molecule is CO[C@H]1OC(COC(C)=O)[C@@H](O[C@H]2OC(COC(C)=O)[C@@H](O[C@H]3OC(CBr)[C@@H](O[C@H]4OC(COC(C)=O)[C@@H](O[C@H]5OC(COC(C)=O)[C@@H](OC(C)=O)[C@H](OC(C)=O)C5OC(C)=O)[C@H](OC(C)=O)C4OC(C)=O)[C@@H](OC(C)=O)C3OC(C)=O)[C@@H](OC(C)=O)C2OC(C)=O)[C@@H](OC(C)=O)C1OC(C)=O. The van der Waals surface area contributed by atoms with Crippen molar-refractivity contribution < 1.29 is 190 Å². The van der Waals surface area contributed by atoms with Crippen LogP contribution in [-0.4, -0.2) is 282 Å². The lowest BCUT2D eigenvalue weighted by Gasteiger charge is -2.51. The first-order valence-electron chi connectivity index (χ1n) is 31.2. The number of rotatable bonds is 29. The zero-order valence-corrected chi connectivity index (χ0v) is 59.8. The molecular formula is C61H83BrO40. The summed E-state index contributed by atoms with van der Waals surface area (Å²) in [6.45, 7) is 11.0. The molecule has 5 saturated heterocycles. The third kappa shape index (κ3) is 24.7. The quantitative estimate of drug-likeness (QED) is 0.0477. The summed E-state index contributed by atoms with van der Waals surface area (Å²) in [6, 6.07) is 0. The monoisotopic (exact) mass is 1530 g/mol. The van der Waals surface area contributed by atoms with Crippen LogP contribution in [-0.2, 0) is 190 Å². The second kappa shape index (κ2) is 39.1. The average molecular weight is 1540 g/mol. The smallest absolute Gasteiger partial charge is 0.303 e. The first-order chi connectivity index (χ1) is 47.8. The van der Waals surface area contributed by atoms with Crippen LogP contribution in [0.1, 0.15) is 104 Å². The van der Waals surface area contributed by atoms with Crippen LogP contribution in [0.4, 0.5) is 0 Å². The van der Waals surface area contributed by atoms with Crippen LogP contribution in [0.5, 0.6) is 0 Å². The highest BCUT2D eigenvalue weighted by molar-refractivity contribution is 9.09. The highest BCUT2D eigenvalue weighted by atomic mass is 79.9. The molecule has 574 valence electrons. The molecule has 102 heavy (non-hydrogen) atoms. The van der Waals surface area contributed by atoms with Crippen LogP contribution in [0.2, 0.25) is 0 Å². The van der Waals surface area contributed by atoms with E-state index in [0.29, 0.717) is 0 Å². The van der Waals surface area contributed by atoms with Gasteiger partial charge in [0.05, 0.1) is 0 Å². The fourth-order valence-corrected chi connectivity index (χ4v) is 11.8. The maximum atomic E-state index is 13.5. The molecule has 0 bridgehead atoms. The molecule has 0 amide bonds. The maximum Gasteiger partial charge on any atom is 0.303 e. The predicted molar refractivity (Wildman–Crippen MR) is 321 cm³/mol. The first kappa shape index (κ1) is 84.8. The van der Waals surface area contributed by atoms with Gasteiger partial charge < -0.3 is 118 Å². The maximum absolute atomic E-state index is 13.5. The van der Waals surface area contributed by atoms with Crippen molar-refractivity contribution in [2.75, 3.05) is 38.9 Å². The van der Waals surface area contributed by atoms with E-state index < -0.39 is 275 Å². The lowest BCUT2D eigenvalue weighted by Crippen LogP contribution is -2.70. The standard InChI is InChI=1S/C61H83BrO40/c1-22(63)79-18-38-43(83-26(5)67)48(85-28(7)69)54(91-34(13)75)60(96-38)102-46-41(21-82-25(4)66)97-59(55(92-35(14)76)51(46)88-31(10)72)99-42-37(17-62)94-58(53(90-33(12)74)47(42)84-27(6)68)100-45-40(20-81-24(3)65)98-61(56(93-36(15)77)50(45)87-30(9)71)101-44-39(19-80-23(2)64)95-57(78-16)52(89-32(11)73)49(44)86-29(8)70/h37-61H,17-21H2,1-16H3/t37?,38?,39?,40?,41?,42-,43-,44-,45-,46-,47-,48+,49-,50-,51+,52?,53?,54?,55?,56?,57+,58-,59-,60-,61-/m1/s1. The van der Waals surface area contributed by atoms with E-state index in [1.54, 1.807) is 0 Å². The second-order valence-corrected chi connectivity index (χ2v) is 23.7. The van der Waals surface area contributed by atoms with Gasteiger partial charge >= 0.3 is 89.5 Å². The summed E-state index contributed by atoms with van der Waals surface area (Å²) < 4.78 is 147. The first-order valence-corrected chi connectivity index (χ1v) is 32.4. The van der Waals surface area contributed by atoms with Gasteiger partial charge in [-0.25, -0.2) is 0 Å². The minimum absolute atomic E-state index is 0.428. The van der Waals surface area contributed by atoms with E-state index in [4.69, 9.17) is 118 Å². The van der Waals surface area contributed by atoms with Crippen molar-refractivity contribution in [3.63, 3.8) is 0 Å². The van der Waals surface area contributed by atoms with Gasteiger partial charge in [-0.05, 0) is 0 Å². The Bertz CT molecular complexity index is 3010. The van der Waals surface area contributed by atoms with E-state index in [9.17, 15) is 71.9 Å². The summed E-state index contributed by atoms with van der Waals surface area (Å²) in [7, 11) is 1.14. The van der Waals surface area contributed by atoms with Gasteiger partial charge in [0.15, 0.2) is 98.6 Å². The summed E-state index contributed by atoms with van der Waals surface area (Å²) in [6.07, 6.45) is -47.7. The Labute approximate surface area is 590 Å². The largest absolute Gasteiger partial charge is 0.463 e. The average Bonchev–Trinajstić information content (AvgIpc) is 0.765. The van der Waals surface area contributed by atoms with Gasteiger partial charge in [0.2, 0.25) is 0 Å². The Morgan fingerprint density at radius 3 is 0.598 bits per heavy atom. The second-order valence-electron chi connectivity index (χ2n) is 23.0. The number of hydrogen-bond donors (Lipinski definition) is 0. The Kier molecular flexibility index (Phi) is 32.5. The molecule has 0 spiro atoms. The van der Waals surface area contributed by atoms with Gasteiger partial charge in [-0.15, -0.1) is 0 Å². The molecular weight excluding hydrogens is 1450 g/mol. The van der Waals surface area contributed by atoms with Crippen molar-refractivity contribution in [1.82, 2.24) is 0 Å². The normalized spacial score (nSPS) is 33.4. The number of carbonyl (C=O) groups excluding carboxylic acids is 15. The van der Waals surface area contributed by atoms with Gasteiger partial charge in [-0.3, -0.25) is 71.9 Å². The number of esters is 15. The molecule has 0 radical (unpaired) electrons. The zero-order chi connectivity index (χ0) is 76.3. The summed E-state index contributed by atoms with van der Waals surface area (Å²) in [4.78, 5) is 194. The fraction of sp³-hybridized carbons (Fsp3) is 0.754. The van der Waals surface area contributed by atoms with E-state index >= 15 is 0 Å². The number of carbonyl (C=O) groups is 15. The molecule has 5 aliphatic heterocycles. The topological polar surface area (TPSA) is 487 Å². The molecule has 0 aromatic rings. The molecule has 41 heteroatoms. The fourth-order valence-electron chi connectivity index (χ4n) is 11.3. The van der Waals surface area contributed by atoms with Crippen LogP contribution >= 0.6 is 15.9 Å². The van der Waals surface area contributed by atoms with Crippen molar-refractivity contribution in [1.29, 1.82) is 0 Å². The number of methoxy groups -OCH3 is 1. The third-order valence-electron chi connectivity index (χ3n) is 14.6.